The first-order chi connectivity index (χ1) is 3.68. The van der Waals surface area contributed by atoms with Crippen LogP contribution in [0.3, 0.4) is 0 Å². The molecule has 50 valence electrons. The van der Waals surface area contributed by atoms with Crippen LogP contribution in [-0.4, -0.2) is 37.2 Å². The fraction of sp³-hybridized carbons (Fsp3) is 1.00. The molecule has 0 spiro atoms. The number of hydrogen-bond acceptors (Lipinski definition) is 3. The standard InChI is InChI=1S/C4H12O3Si/c1-5-4(8,6-2)7-3/h1-3,8H3. The summed E-state index contributed by atoms with van der Waals surface area (Å²) in [6, 6.07) is 0. The molecular formula is C4H12O3Si. The highest BCUT2D eigenvalue weighted by Crippen LogP contribution is 2.03. The second kappa shape index (κ2) is 3.19. The van der Waals surface area contributed by atoms with E-state index in [1.54, 1.807) is 21.3 Å². The van der Waals surface area contributed by atoms with Gasteiger partial charge in [0.1, 0.15) is 10.2 Å². The van der Waals surface area contributed by atoms with E-state index in [4.69, 9.17) is 14.2 Å². The summed E-state index contributed by atoms with van der Waals surface area (Å²) in [7, 11) is 5.37. The Labute approximate surface area is 52.3 Å². The van der Waals surface area contributed by atoms with Crippen LogP contribution in [0.25, 0.3) is 0 Å². The van der Waals surface area contributed by atoms with Crippen LogP contribution in [0.4, 0.5) is 0 Å². The minimum Gasteiger partial charge on any atom is -0.336 e. The Morgan fingerprint density at radius 1 is 1.00 bits per heavy atom. The predicted molar refractivity (Wildman–Crippen MR) is 33.7 cm³/mol. The molecule has 0 aromatic carbocycles. The zero-order valence-electron chi connectivity index (χ0n) is 5.72. The molecule has 0 fully saturated rings. The molecule has 0 saturated carbocycles. The predicted octanol–water partition coefficient (Wildman–Crippen LogP) is -1.10. The molecule has 0 aliphatic heterocycles. The van der Waals surface area contributed by atoms with Gasteiger partial charge in [0.25, 0.3) is 0 Å². The molecule has 0 unspecified atom stereocenters. The first kappa shape index (κ1) is 8.10. The fourth-order valence-electron chi connectivity index (χ4n) is 0.250. The van der Waals surface area contributed by atoms with Gasteiger partial charge in [-0.05, 0) is 0 Å². The maximum Gasteiger partial charge on any atom is 0.244 e. The van der Waals surface area contributed by atoms with Crippen molar-refractivity contribution in [3.05, 3.63) is 0 Å². The van der Waals surface area contributed by atoms with Gasteiger partial charge < -0.3 is 14.2 Å². The Balaban J connectivity index is 3.58. The van der Waals surface area contributed by atoms with Crippen LogP contribution in [0, 0.1) is 0 Å². The second-order valence-corrected chi connectivity index (χ2v) is 2.70. The number of methoxy groups -OCH3 is 3. The second-order valence-electron chi connectivity index (χ2n) is 1.47. The largest absolute Gasteiger partial charge is 0.336 e. The van der Waals surface area contributed by atoms with Crippen molar-refractivity contribution in [2.75, 3.05) is 21.3 Å². The zero-order valence-corrected chi connectivity index (χ0v) is 7.72. The van der Waals surface area contributed by atoms with E-state index in [1.165, 1.54) is 0 Å². The van der Waals surface area contributed by atoms with E-state index < -0.39 is 5.60 Å². The van der Waals surface area contributed by atoms with Crippen LogP contribution >= 0.6 is 0 Å². The van der Waals surface area contributed by atoms with Gasteiger partial charge in [0, 0.05) is 21.3 Å². The highest BCUT2D eigenvalue weighted by Gasteiger charge is 2.19. The number of ether oxygens (including phenoxy) is 3. The summed E-state index contributed by atoms with van der Waals surface area (Å²) in [6.07, 6.45) is 0. The summed E-state index contributed by atoms with van der Waals surface area (Å²) in [4.78, 5) is 0. The summed E-state index contributed by atoms with van der Waals surface area (Å²) < 4.78 is 14.6. The van der Waals surface area contributed by atoms with Gasteiger partial charge in [-0.2, -0.15) is 0 Å². The van der Waals surface area contributed by atoms with Crippen LogP contribution in [0.15, 0.2) is 0 Å². The fourth-order valence-corrected chi connectivity index (χ4v) is 0.250. The normalized spacial score (nSPS) is 12.4. The molecule has 0 heterocycles. The van der Waals surface area contributed by atoms with Gasteiger partial charge in [-0.1, -0.05) is 0 Å². The minimum absolute atomic E-state index is 0.704. The van der Waals surface area contributed by atoms with Crippen LogP contribution in [0.1, 0.15) is 0 Å². The van der Waals surface area contributed by atoms with E-state index in [-0.39, 0.29) is 0 Å². The van der Waals surface area contributed by atoms with E-state index in [0.29, 0.717) is 10.2 Å². The Bertz CT molecular complexity index is 54.0. The first-order valence-corrected chi connectivity index (χ1v) is 3.34. The summed E-state index contributed by atoms with van der Waals surface area (Å²) in [6.45, 7) is 0. The molecule has 0 amide bonds. The van der Waals surface area contributed by atoms with Crippen LogP contribution in [0.5, 0.6) is 0 Å². The van der Waals surface area contributed by atoms with Crippen molar-refractivity contribution in [3.8, 4) is 0 Å². The number of hydrogen-bond donors (Lipinski definition) is 0. The Morgan fingerprint density at radius 3 is 1.25 bits per heavy atom. The van der Waals surface area contributed by atoms with E-state index in [1.807, 2.05) is 0 Å². The third kappa shape index (κ3) is 1.91. The van der Waals surface area contributed by atoms with Gasteiger partial charge in [0.15, 0.2) is 0 Å². The molecule has 0 aliphatic carbocycles. The topological polar surface area (TPSA) is 27.7 Å². The van der Waals surface area contributed by atoms with Crippen molar-refractivity contribution in [1.82, 2.24) is 0 Å². The molecule has 3 nitrogen and oxygen atoms in total. The van der Waals surface area contributed by atoms with E-state index in [0.717, 1.165) is 0 Å². The minimum atomic E-state index is -0.736. The van der Waals surface area contributed by atoms with Crippen LogP contribution in [-0.2, 0) is 14.2 Å². The molecular weight excluding hydrogens is 124 g/mol. The van der Waals surface area contributed by atoms with E-state index in [9.17, 15) is 0 Å². The lowest BCUT2D eigenvalue weighted by molar-refractivity contribution is -0.292. The quantitative estimate of drug-likeness (QED) is 0.364. The Kier molecular flexibility index (Phi) is 3.23. The Morgan fingerprint density at radius 2 is 1.25 bits per heavy atom. The molecule has 0 aromatic heterocycles. The lowest BCUT2D eigenvalue weighted by Crippen LogP contribution is -2.36. The molecule has 0 aliphatic rings. The van der Waals surface area contributed by atoms with Crippen molar-refractivity contribution >= 4 is 10.2 Å². The molecule has 4 heteroatoms. The van der Waals surface area contributed by atoms with Gasteiger partial charge in [0.05, 0.1) is 0 Å². The van der Waals surface area contributed by atoms with Gasteiger partial charge >= 0.3 is 0 Å². The number of rotatable bonds is 3. The van der Waals surface area contributed by atoms with Crippen molar-refractivity contribution in [2.45, 2.75) is 5.60 Å². The molecule has 0 radical (unpaired) electrons. The monoisotopic (exact) mass is 136 g/mol. The van der Waals surface area contributed by atoms with Gasteiger partial charge in [-0.15, -0.1) is 0 Å². The molecule has 0 bridgehead atoms. The third-order valence-corrected chi connectivity index (χ3v) is 2.34. The van der Waals surface area contributed by atoms with E-state index in [2.05, 4.69) is 0 Å². The van der Waals surface area contributed by atoms with Gasteiger partial charge in [0.2, 0.25) is 5.60 Å². The van der Waals surface area contributed by atoms with Crippen molar-refractivity contribution < 1.29 is 14.2 Å². The van der Waals surface area contributed by atoms with Crippen LogP contribution < -0.4 is 0 Å². The molecule has 0 N–H and O–H groups in total. The third-order valence-electron chi connectivity index (χ3n) is 1.11. The van der Waals surface area contributed by atoms with Crippen LogP contribution in [0.2, 0.25) is 0 Å². The lowest BCUT2D eigenvalue weighted by Gasteiger charge is -2.23. The highest BCUT2D eigenvalue weighted by atomic mass is 28.1. The average Bonchev–Trinajstić information content (AvgIpc) is 1.87. The molecule has 0 saturated heterocycles. The summed E-state index contributed by atoms with van der Waals surface area (Å²) >= 11 is 0. The van der Waals surface area contributed by atoms with E-state index >= 15 is 0 Å². The summed E-state index contributed by atoms with van der Waals surface area (Å²) in [5, 5.41) is 0. The maximum absolute atomic E-state index is 4.85. The molecule has 8 heavy (non-hydrogen) atoms. The maximum atomic E-state index is 4.85. The van der Waals surface area contributed by atoms with Crippen molar-refractivity contribution in [3.63, 3.8) is 0 Å². The first-order valence-electron chi connectivity index (χ1n) is 2.34. The lowest BCUT2D eigenvalue weighted by atomic mass is 11.1. The molecule has 0 atom stereocenters. The highest BCUT2D eigenvalue weighted by molar-refractivity contribution is 6.12. The Hall–Kier alpha value is 0.0969. The average molecular weight is 136 g/mol. The molecule has 0 aromatic rings. The van der Waals surface area contributed by atoms with Gasteiger partial charge in [-0.3, -0.25) is 0 Å². The summed E-state index contributed by atoms with van der Waals surface area (Å²) in [5.41, 5.74) is -0.736. The van der Waals surface area contributed by atoms with Gasteiger partial charge in [-0.25, -0.2) is 0 Å². The van der Waals surface area contributed by atoms with Crippen molar-refractivity contribution in [2.24, 2.45) is 0 Å². The zero-order chi connectivity index (χ0) is 6.62. The summed E-state index contributed by atoms with van der Waals surface area (Å²) in [5.74, 6) is 0. The molecule has 0 rings (SSSR count). The van der Waals surface area contributed by atoms with Crippen molar-refractivity contribution in [1.29, 1.82) is 0 Å². The SMILES string of the molecule is COC([SiH3])(OC)OC. The smallest absolute Gasteiger partial charge is 0.244 e.